The second-order valence-electron chi connectivity index (χ2n) is 4.62. The molecule has 1 aromatic rings. The Labute approximate surface area is 105 Å². The highest BCUT2D eigenvalue weighted by molar-refractivity contribution is 5.81. The molecule has 0 spiro atoms. The number of carbonyl (C=O) groups is 1. The molecule has 0 radical (unpaired) electrons. The van der Waals surface area contributed by atoms with Gasteiger partial charge in [-0.25, -0.2) is 4.39 Å². The Morgan fingerprint density at radius 2 is 2.22 bits per heavy atom. The molecule has 2 fully saturated rings. The van der Waals surface area contributed by atoms with Gasteiger partial charge >= 0.3 is 0 Å². The SMILES string of the molecule is O=C1CNC(c2ccccc2F)N1C1CCOC1. The topological polar surface area (TPSA) is 41.6 Å². The molecule has 2 saturated heterocycles. The van der Waals surface area contributed by atoms with Crippen LogP contribution in [0.4, 0.5) is 4.39 Å². The molecule has 18 heavy (non-hydrogen) atoms. The number of ether oxygens (including phenoxy) is 1. The average Bonchev–Trinajstić information content (AvgIpc) is 2.98. The van der Waals surface area contributed by atoms with Gasteiger partial charge in [-0.2, -0.15) is 0 Å². The maximum atomic E-state index is 13.8. The highest BCUT2D eigenvalue weighted by atomic mass is 19.1. The quantitative estimate of drug-likeness (QED) is 0.853. The van der Waals surface area contributed by atoms with E-state index < -0.39 is 0 Å². The summed E-state index contributed by atoms with van der Waals surface area (Å²) in [5.74, 6) is -0.271. The van der Waals surface area contributed by atoms with Crippen molar-refractivity contribution in [1.29, 1.82) is 0 Å². The van der Waals surface area contributed by atoms with Crippen molar-refractivity contribution in [3.63, 3.8) is 0 Å². The Balaban J connectivity index is 1.91. The molecule has 2 atom stereocenters. The van der Waals surface area contributed by atoms with E-state index in [0.29, 0.717) is 18.8 Å². The molecule has 96 valence electrons. The van der Waals surface area contributed by atoms with Crippen LogP contribution in [0.3, 0.4) is 0 Å². The number of benzene rings is 1. The molecule has 0 bridgehead atoms. The van der Waals surface area contributed by atoms with Gasteiger partial charge in [0.15, 0.2) is 0 Å². The van der Waals surface area contributed by atoms with E-state index in [-0.39, 0.29) is 30.5 Å². The van der Waals surface area contributed by atoms with Gasteiger partial charge in [-0.15, -0.1) is 0 Å². The van der Waals surface area contributed by atoms with Gasteiger partial charge in [-0.05, 0) is 12.5 Å². The summed E-state index contributed by atoms with van der Waals surface area (Å²) in [6.45, 7) is 1.46. The Morgan fingerprint density at radius 3 is 2.94 bits per heavy atom. The van der Waals surface area contributed by atoms with Gasteiger partial charge in [0.1, 0.15) is 12.0 Å². The minimum atomic E-state index is -0.370. The van der Waals surface area contributed by atoms with Crippen LogP contribution in [0, 0.1) is 5.82 Å². The molecule has 1 amide bonds. The fraction of sp³-hybridized carbons (Fsp3) is 0.462. The second-order valence-corrected chi connectivity index (χ2v) is 4.62. The first kappa shape index (κ1) is 11.6. The summed E-state index contributed by atoms with van der Waals surface area (Å²) >= 11 is 0. The van der Waals surface area contributed by atoms with E-state index in [1.165, 1.54) is 6.07 Å². The maximum absolute atomic E-state index is 13.8. The second kappa shape index (κ2) is 4.66. The van der Waals surface area contributed by atoms with Crippen LogP contribution in [-0.4, -0.2) is 36.6 Å². The van der Waals surface area contributed by atoms with E-state index in [0.717, 1.165) is 6.42 Å². The van der Waals surface area contributed by atoms with E-state index in [9.17, 15) is 9.18 Å². The third-order valence-corrected chi connectivity index (χ3v) is 3.51. The number of carbonyl (C=O) groups excluding carboxylic acids is 1. The molecule has 1 N–H and O–H groups in total. The molecule has 2 heterocycles. The van der Waals surface area contributed by atoms with Crippen molar-refractivity contribution in [3.05, 3.63) is 35.6 Å². The smallest absolute Gasteiger partial charge is 0.238 e. The number of nitrogens with zero attached hydrogens (tertiary/aromatic N) is 1. The molecule has 2 aliphatic rings. The van der Waals surface area contributed by atoms with Crippen LogP contribution in [0.15, 0.2) is 24.3 Å². The molecule has 4 nitrogen and oxygen atoms in total. The van der Waals surface area contributed by atoms with Crippen molar-refractivity contribution in [1.82, 2.24) is 10.2 Å². The van der Waals surface area contributed by atoms with Gasteiger partial charge in [0.2, 0.25) is 5.91 Å². The number of halogens is 1. The Morgan fingerprint density at radius 1 is 1.39 bits per heavy atom. The van der Waals surface area contributed by atoms with Gasteiger partial charge in [-0.3, -0.25) is 10.1 Å². The lowest BCUT2D eigenvalue weighted by Crippen LogP contribution is -2.40. The lowest BCUT2D eigenvalue weighted by Gasteiger charge is -2.29. The monoisotopic (exact) mass is 250 g/mol. The van der Waals surface area contributed by atoms with Crippen LogP contribution in [-0.2, 0) is 9.53 Å². The summed E-state index contributed by atoms with van der Waals surface area (Å²) < 4.78 is 19.1. The maximum Gasteiger partial charge on any atom is 0.238 e. The predicted octanol–water partition coefficient (Wildman–Crippen LogP) is 1.05. The standard InChI is InChI=1S/C13H15FN2O2/c14-11-4-2-1-3-10(11)13-15-7-12(17)16(13)9-5-6-18-8-9/h1-4,9,13,15H,5-8H2. The fourth-order valence-corrected chi connectivity index (χ4v) is 2.63. The van der Waals surface area contributed by atoms with Gasteiger partial charge in [0, 0.05) is 12.2 Å². The van der Waals surface area contributed by atoms with E-state index in [4.69, 9.17) is 4.74 Å². The van der Waals surface area contributed by atoms with Crippen molar-refractivity contribution in [3.8, 4) is 0 Å². The van der Waals surface area contributed by atoms with E-state index in [1.807, 2.05) is 0 Å². The minimum Gasteiger partial charge on any atom is -0.379 e. The highest BCUT2D eigenvalue weighted by Gasteiger charge is 2.39. The van der Waals surface area contributed by atoms with Crippen LogP contribution >= 0.6 is 0 Å². The van der Waals surface area contributed by atoms with E-state index in [2.05, 4.69) is 5.32 Å². The third kappa shape index (κ3) is 1.89. The molecular weight excluding hydrogens is 235 g/mol. The van der Waals surface area contributed by atoms with Crippen molar-refractivity contribution in [2.75, 3.05) is 19.8 Å². The van der Waals surface area contributed by atoms with Gasteiger partial charge in [-0.1, -0.05) is 18.2 Å². The molecule has 5 heteroatoms. The zero-order valence-corrected chi connectivity index (χ0v) is 9.93. The number of amides is 1. The van der Waals surface area contributed by atoms with Gasteiger partial charge in [0.05, 0.1) is 19.2 Å². The third-order valence-electron chi connectivity index (χ3n) is 3.51. The van der Waals surface area contributed by atoms with Crippen molar-refractivity contribution in [2.45, 2.75) is 18.6 Å². The number of nitrogens with one attached hydrogen (secondary N) is 1. The molecule has 0 aliphatic carbocycles. The largest absolute Gasteiger partial charge is 0.379 e. The van der Waals surface area contributed by atoms with Crippen molar-refractivity contribution in [2.24, 2.45) is 0 Å². The Hall–Kier alpha value is -1.46. The molecule has 0 saturated carbocycles. The van der Waals surface area contributed by atoms with Crippen molar-refractivity contribution >= 4 is 5.91 Å². The summed E-state index contributed by atoms with van der Waals surface area (Å²) in [5, 5.41) is 3.07. The van der Waals surface area contributed by atoms with Crippen LogP contribution in [0.2, 0.25) is 0 Å². The first-order chi connectivity index (χ1) is 8.77. The highest BCUT2D eigenvalue weighted by Crippen LogP contribution is 2.29. The van der Waals surface area contributed by atoms with Crippen LogP contribution in [0.5, 0.6) is 0 Å². The fourth-order valence-electron chi connectivity index (χ4n) is 2.63. The summed E-state index contributed by atoms with van der Waals surface area (Å²) in [4.78, 5) is 13.7. The first-order valence-electron chi connectivity index (χ1n) is 6.14. The predicted molar refractivity (Wildman–Crippen MR) is 63.2 cm³/mol. The zero-order chi connectivity index (χ0) is 12.5. The summed E-state index contributed by atoms with van der Waals surface area (Å²) in [7, 11) is 0. The molecule has 3 rings (SSSR count). The molecule has 0 aromatic heterocycles. The molecule has 1 aromatic carbocycles. The molecule has 2 unspecified atom stereocenters. The Bertz CT molecular complexity index is 460. The number of hydrogen-bond donors (Lipinski definition) is 1. The molecule has 2 aliphatic heterocycles. The van der Waals surface area contributed by atoms with Crippen LogP contribution < -0.4 is 5.32 Å². The Kier molecular flexibility index (Phi) is 3.01. The lowest BCUT2D eigenvalue weighted by molar-refractivity contribution is -0.130. The summed E-state index contributed by atoms with van der Waals surface area (Å²) in [6.07, 6.45) is 0.448. The number of hydrogen-bond acceptors (Lipinski definition) is 3. The van der Waals surface area contributed by atoms with Crippen LogP contribution in [0.1, 0.15) is 18.2 Å². The van der Waals surface area contributed by atoms with E-state index >= 15 is 0 Å². The van der Waals surface area contributed by atoms with Gasteiger partial charge in [0.25, 0.3) is 0 Å². The lowest BCUT2D eigenvalue weighted by atomic mass is 10.1. The molecular formula is C13H15FN2O2. The van der Waals surface area contributed by atoms with Crippen molar-refractivity contribution < 1.29 is 13.9 Å². The first-order valence-corrected chi connectivity index (χ1v) is 6.14. The summed E-state index contributed by atoms with van der Waals surface area (Å²) in [6, 6.07) is 6.62. The number of rotatable bonds is 2. The normalized spacial score (nSPS) is 28.1. The van der Waals surface area contributed by atoms with Crippen LogP contribution in [0.25, 0.3) is 0 Å². The van der Waals surface area contributed by atoms with E-state index in [1.54, 1.807) is 23.1 Å². The minimum absolute atomic E-state index is 0.0127. The average molecular weight is 250 g/mol. The zero-order valence-electron chi connectivity index (χ0n) is 9.93. The van der Waals surface area contributed by atoms with Gasteiger partial charge < -0.3 is 9.64 Å². The summed E-state index contributed by atoms with van der Waals surface area (Å²) in [5.41, 5.74) is 0.523.